The first kappa shape index (κ1) is 14.1. The maximum Gasteiger partial charge on any atom is 0.118 e. The van der Waals surface area contributed by atoms with E-state index in [-0.39, 0.29) is 0 Å². The Morgan fingerprint density at radius 2 is 2.05 bits per heavy atom. The van der Waals surface area contributed by atoms with E-state index in [2.05, 4.69) is 34.2 Å². The van der Waals surface area contributed by atoms with Crippen LogP contribution in [-0.4, -0.2) is 28.2 Å². The van der Waals surface area contributed by atoms with Gasteiger partial charge in [-0.05, 0) is 43.4 Å². The smallest absolute Gasteiger partial charge is 0.118 e. The third kappa shape index (κ3) is 2.84. The van der Waals surface area contributed by atoms with Crippen molar-refractivity contribution in [3.63, 3.8) is 0 Å². The highest BCUT2D eigenvalue weighted by Crippen LogP contribution is 2.41. The molecule has 0 radical (unpaired) electrons. The summed E-state index contributed by atoms with van der Waals surface area (Å²) in [4.78, 5) is 2.51. The van der Waals surface area contributed by atoms with Crippen LogP contribution in [0, 0.1) is 0 Å². The predicted octanol–water partition coefficient (Wildman–Crippen LogP) is 3.43. The van der Waals surface area contributed by atoms with E-state index in [0.29, 0.717) is 0 Å². The number of hydrogen-bond acceptors (Lipinski definition) is 3. The number of furan rings is 1. The minimum Gasteiger partial charge on any atom is -0.465 e. The second-order valence-corrected chi connectivity index (χ2v) is 6.73. The molecule has 1 fully saturated rings. The quantitative estimate of drug-likeness (QED) is 0.920. The van der Waals surface area contributed by atoms with Crippen molar-refractivity contribution >= 4 is 0 Å². The highest BCUT2D eigenvalue weighted by molar-refractivity contribution is 5.32. The third-order valence-electron chi connectivity index (χ3n) is 4.90. The van der Waals surface area contributed by atoms with Crippen LogP contribution < -0.4 is 0 Å². The summed E-state index contributed by atoms with van der Waals surface area (Å²) < 4.78 is 5.94. The normalized spacial score (nSPS) is 19.1. The number of nitrogens with zero attached hydrogens (tertiary/aromatic N) is 2. The largest absolute Gasteiger partial charge is 0.465 e. The van der Waals surface area contributed by atoms with Crippen LogP contribution in [0.1, 0.15) is 60.6 Å². The summed E-state index contributed by atoms with van der Waals surface area (Å²) in [6.45, 7) is 5.32. The van der Waals surface area contributed by atoms with Crippen LogP contribution in [0.5, 0.6) is 0 Å². The lowest BCUT2D eigenvalue weighted by Crippen LogP contribution is -2.26. The molecule has 0 aromatic carbocycles. The van der Waals surface area contributed by atoms with Crippen molar-refractivity contribution in [2.75, 3.05) is 13.1 Å². The monoisotopic (exact) mass is 299 g/mol. The summed E-state index contributed by atoms with van der Waals surface area (Å²) in [5, 5.41) is 7.86. The van der Waals surface area contributed by atoms with Gasteiger partial charge in [0.05, 0.1) is 12.2 Å². The van der Waals surface area contributed by atoms with Crippen LogP contribution in [0.2, 0.25) is 0 Å². The van der Waals surface area contributed by atoms with Gasteiger partial charge in [0.15, 0.2) is 0 Å². The van der Waals surface area contributed by atoms with Gasteiger partial charge < -0.3 is 4.42 Å². The van der Waals surface area contributed by atoms with E-state index in [9.17, 15) is 0 Å². The summed E-state index contributed by atoms with van der Waals surface area (Å²) in [5.41, 5.74) is 4.24. The molecule has 2 aliphatic rings. The summed E-state index contributed by atoms with van der Waals surface area (Å²) in [6.07, 6.45) is 7.04. The SMILES string of the molecule is CCCc1ccc(CN2CCc3[nH]nc(C4CC4)c3CC2)o1. The molecule has 22 heavy (non-hydrogen) atoms. The lowest BCUT2D eigenvalue weighted by atomic mass is 10.1. The Balaban J connectivity index is 1.40. The number of fused-ring (bicyclic) bond motifs is 1. The first-order valence-electron chi connectivity index (χ1n) is 8.69. The van der Waals surface area contributed by atoms with Crippen LogP contribution in [0.4, 0.5) is 0 Å². The number of rotatable bonds is 5. The van der Waals surface area contributed by atoms with Gasteiger partial charge in [-0.25, -0.2) is 0 Å². The first-order chi connectivity index (χ1) is 10.8. The minimum atomic E-state index is 0.744. The molecule has 2 aromatic heterocycles. The molecule has 0 unspecified atom stereocenters. The molecular weight excluding hydrogens is 274 g/mol. The molecule has 1 aliphatic carbocycles. The maximum absolute atomic E-state index is 5.94. The number of aryl methyl sites for hydroxylation is 1. The van der Waals surface area contributed by atoms with Crippen LogP contribution in [0.3, 0.4) is 0 Å². The number of aromatic amines is 1. The molecule has 3 heterocycles. The molecule has 0 bridgehead atoms. The molecule has 4 nitrogen and oxygen atoms in total. The highest BCUT2D eigenvalue weighted by atomic mass is 16.3. The topological polar surface area (TPSA) is 45.1 Å². The van der Waals surface area contributed by atoms with E-state index >= 15 is 0 Å². The van der Waals surface area contributed by atoms with Gasteiger partial charge in [-0.1, -0.05) is 6.92 Å². The second-order valence-electron chi connectivity index (χ2n) is 6.73. The molecule has 1 aliphatic heterocycles. The summed E-state index contributed by atoms with van der Waals surface area (Å²) in [6, 6.07) is 4.28. The zero-order chi connectivity index (χ0) is 14.9. The molecule has 4 rings (SSSR count). The van der Waals surface area contributed by atoms with E-state index in [1.807, 2.05) is 0 Å². The highest BCUT2D eigenvalue weighted by Gasteiger charge is 2.31. The average Bonchev–Trinajstić information content (AvgIpc) is 3.20. The average molecular weight is 299 g/mol. The van der Waals surface area contributed by atoms with Gasteiger partial charge in [-0.2, -0.15) is 5.10 Å². The molecule has 1 saturated carbocycles. The van der Waals surface area contributed by atoms with E-state index in [4.69, 9.17) is 4.42 Å². The van der Waals surface area contributed by atoms with Crippen molar-refractivity contribution < 1.29 is 4.42 Å². The van der Waals surface area contributed by atoms with Crippen LogP contribution in [0.15, 0.2) is 16.5 Å². The van der Waals surface area contributed by atoms with Gasteiger partial charge in [0.25, 0.3) is 0 Å². The van der Waals surface area contributed by atoms with E-state index < -0.39 is 0 Å². The Morgan fingerprint density at radius 3 is 2.86 bits per heavy atom. The Morgan fingerprint density at radius 1 is 1.23 bits per heavy atom. The fourth-order valence-electron chi connectivity index (χ4n) is 3.52. The summed E-state index contributed by atoms with van der Waals surface area (Å²) >= 11 is 0. The Hall–Kier alpha value is -1.55. The fraction of sp³-hybridized carbons (Fsp3) is 0.611. The van der Waals surface area contributed by atoms with Gasteiger partial charge >= 0.3 is 0 Å². The molecule has 2 aromatic rings. The fourth-order valence-corrected chi connectivity index (χ4v) is 3.52. The lowest BCUT2D eigenvalue weighted by Gasteiger charge is -2.18. The number of H-pyrrole nitrogens is 1. The van der Waals surface area contributed by atoms with Crippen molar-refractivity contribution in [3.8, 4) is 0 Å². The van der Waals surface area contributed by atoms with Crippen molar-refractivity contribution in [3.05, 3.63) is 40.6 Å². The van der Waals surface area contributed by atoms with Crippen molar-refractivity contribution in [2.24, 2.45) is 0 Å². The van der Waals surface area contributed by atoms with Gasteiger partial charge in [0.1, 0.15) is 11.5 Å². The molecule has 0 atom stereocenters. The summed E-state index contributed by atoms with van der Waals surface area (Å²) in [5.74, 6) is 2.97. The lowest BCUT2D eigenvalue weighted by molar-refractivity contribution is 0.251. The van der Waals surface area contributed by atoms with Crippen LogP contribution >= 0.6 is 0 Å². The molecular formula is C18H25N3O. The van der Waals surface area contributed by atoms with Crippen molar-refractivity contribution in [2.45, 2.75) is 57.9 Å². The van der Waals surface area contributed by atoms with E-state index in [0.717, 1.165) is 62.8 Å². The van der Waals surface area contributed by atoms with Crippen molar-refractivity contribution in [1.29, 1.82) is 0 Å². The Bertz CT molecular complexity index is 639. The first-order valence-corrected chi connectivity index (χ1v) is 8.69. The zero-order valence-corrected chi connectivity index (χ0v) is 13.4. The number of aromatic nitrogens is 2. The predicted molar refractivity (Wildman–Crippen MR) is 86.0 cm³/mol. The molecule has 118 valence electrons. The van der Waals surface area contributed by atoms with Crippen molar-refractivity contribution in [1.82, 2.24) is 15.1 Å². The standard InChI is InChI=1S/C18H25N3O/c1-2-3-14-6-7-15(22-14)12-21-10-8-16-17(9-11-21)19-20-18(16)13-4-5-13/h6-7,13H,2-5,8-12H2,1H3,(H,19,20). The molecule has 0 spiro atoms. The number of nitrogens with one attached hydrogen (secondary N) is 1. The van der Waals surface area contributed by atoms with Gasteiger partial charge in [0.2, 0.25) is 0 Å². The Labute approximate surface area is 131 Å². The van der Waals surface area contributed by atoms with Gasteiger partial charge in [-0.3, -0.25) is 10.00 Å². The second kappa shape index (κ2) is 5.92. The van der Waals surface area contributed by atoms with Crippen LogP contribution in [0.25, 0.3) is 0 Å². The minimum absolute atomic E-state index is 0.744. The Kier molecular flexibility index (Phi) is 3.78. The zero-order valence-electron chi connectivity index (χ0n) is 13.4. The molecule has 0 amide bonds. The van der Waals surface area contributed by atoms with Crippen LogP contribution in [-0.2, 0) is 25.8 Å². The van der Waals surface area contributed by atoms with E-state index in [1.165, 1.54) is 29.8 Å². The number of hydrogen-bond donors (Lipinski definition) is 1. The van der Waals surface area contributed by atoms with E-state index in [1.54, 1.807) is 0 Å². The maximum atomic E-state index is 5.94. The molecule has 4 heteroatoms. The summed E-state index contributed by atoms with van der Waals surface area (Å²) in [7, 11) is 0. The van der Waals surface area contributed by atoms with Gasteiger partial charge in [0, 0.05) is 37.5 Å². The molecule has 1 N–H and O–H groups in total. The molecule has 0 saturated heterocycles. The third-order valence-corrected chi connectivity index (χ3v) is 4.90. The van der Waals surface area contributed by atoms with Gasteiger partial charge in [-0.15, -0.1) is 0 Å².